The van der Waals surface area contributed by atoms with Gasteiger partial charge in [0.05, 0.1) is 12.4 Å². The molecule has 0 spiro atoms. The summed E-state index contributed by atoms with van der Waals surface area (Å²) in [5.41, 5.74) is 1.56. The Bertz CT molecular complexity index is 743. The molecule has 114 valence electrons. The van der Waals surface area contributed by atoms with E-state index in [-0.39, 0.29) is 16.7 Å². The van der Waals surface area contributed by atoms with Crippen molar-refractivity contribution in [1.29, 1.82) is 0 Å². The van der Waals surface area contributed by atoms with Crippen LogP contribution in [0.1, 0.15) is 17.2 Å². The van der Waals surface area contributed by atoms with Crippen LogP contribution in [0.3, 0.4) is 0 Å². The van der Waals surface area contributed by atoms with Crippen LogP contribution in [0.4, 0.5) is 0 Å². The Labute approximate surface area is 128 Å². The standard InChI is InChI=1S/C13H16ClN3O3S/c1-9-5-3-4-6-10(9)11(18)7-16-21(19,20)13-12(14)17(2)8-15-13/h3-6,8,11,16,18H,7H2,1-2H3. The Balaban J connectivity index is 2.12. The number of aliphatic hydroxyl groups excluding tert-OH is 1. The summed E-state index contributed by atoms with van der Waals surface area (Å²) >= 11 is 5.87. The number of aliphatic hydroxyl groups is 1. The highest BCUT2D eigenvalue weighted by Gasteiger charge is 2.23. The number of aromatic nitrogens is 2. The molecule has 8 heteroatoms. The SMILES string of the molecule is Cc1ccccc1C(O)CNS(=O)(=O)c1ncn(C)c1Cl. The Hall–Kier alpha value is -1.41. The number of nitrogens with one attached hydrogen (secondary N) is 1. The van der Waals surface area contributed by atoms with Gasteiger partial charge in [-0.2, -0.15) is 0 Å². The number of nitrogens with zero attached hydrogens (tertiary/aromatic N) is 2. The predicted molar refractivity (Wildman–Crippen MR) is 79.5 cm³/mol. The topological polar surface area (TPSA) is 84.2 Å². The minimum absolute atomic E-state index is 0.0212. The molecule has 0 radical (unpaired) electrons. The average Bonchev–Trinajstić information content (AvgIpc) is 2.78. The molecule has 0 aliphatic rings. The van der Waals surface area contributed by atoms with Gasteiger partial charge in [-0.25, -0.2) is 18.1 Å². The maximum Gasteiger partial charge on any atom is 0.261 e. The third kappa shape index (κ3) is 3.44. The molecule has 1 heterocycles. The number of rotatable bonds is 5. The van der Waals surface area contributed by atoms with E-state index in [1.807, 2.05) is 19.1 Å². The Morgan fingerprint density at radius 2 is 2.10 bits per heavy atom. The molecule has 2 aromatic rings. The van der Waals surface area contributed by atoms with Crippen LogP contribution in [0.25, 0.3) is 0 Å². The van der Waals surface area contributed by atoms with Gasteiger partial charge in [0, 0.05) is 13.6 Å². The van der Waals surface area contributed by atoms with Gasteiger partial charge in [-0.05, 0) is 18.1 Å². The average molecular weight is 330 g/mol. The molecule has 0 bridgehead atoms. The van der Waals surface area contributed by atoms with E-state index >= 15 is 0 Å². The number of halogens is 1. The maximum atomic E-state index is 12.1. The van der Waals surface area contributed by atoms with Gasteiger partial charge >= 0.3 is 0 Å². The van der Waals surface area contributed by atoms with Crippen LogP contribution >= 0.6 is 11.6 Å². The Kier molecular flexibility index (Phi) is 4.67. The van der Waals surface area contributed by atoms with E-state index in [0.717, 1.165) is 5.56 Å². The van der Waals surface area contributed by atoms with E-state index in [1.54, 1.807) is 19.2 Å². The third-order valence-electron chi connectivity index (χ3n) is 3.10. The van der Waals surface area contributed by atoms with Crippen molar-refractivity contribution in [2.24, 2.45) is 7.05 Å². The van der Waals surface area contributed by atoms with Gasteiger partial charge in [0.1, 0.15) is 5.15 Å². The quantitative estimate of drug-likeness (QED) is 0.868. The highest BCUT2D eigenvalue weighted by atomic mass is 35.5. The molecule has 1 aromatic carbocycles. The van der Waals surface area contributed by atoms with Crippen molar-refractivity contribution in [2.45, 2.75) is 18.1 Å². The van der Waals surface area contributed by atoms with Gasteiger partial charge in [0.2, 0.25) is 5.03 Å². The smallest absolute Gasteiger partial charge is 0.261 e. The fourth-order valence-corrected chi connectivity index (χ4v) is 3.36. The molecule has 0 aliphatic heterocycles. The van der Waals surface area contributed by atoms with E-state index in [0.29, 0.717) is 5.56 Å². The highest BCUT2D eigenvalue weighted by Crippen LogP contribution is 2.20. The zero-order valence-electron chi connectivity index (χ0n) is 11.6. The normalized spacial score (nSPS) is 13.3. The molecular weight excluding hydrogens is 314 g/mol. The highest BCUT2D eigenvalue weighted by molar-refractivity contribution is 7.89. The van der Waals surface area contributed by atoms with Crippen LogP contribution in [0.2, 0.25) is 5.15 Å². The fourth-order valence-electron chi connectivity index (χ4n) is 1.90. The monoisotopic (exact) mass is 329 g/mol. The van der Waals surface area contributed by atoms with Crippen LogP contribution < -0.4 is 4.72 Å². The summed E-state index contributed by atoms with van der Waals surface area (Å²) in [5.74, 6) is 0. The second-order valence-electron chi connectivity index (χ2n) is 4.68. The molecule has 6 nitrogen and oxygen atoms in total. The van der Waals surface area contributed by atoms with E-state index in [9.17, 15) is 13.5 Å². The lowest BCUT2D eigenvalue weighted by Gasteiger charge is -2.14. The first-order chi connectivity index (χ1) is 9.83. The second-order valence-corrected chi connectivity index (χ2v) is 6.72. The molecule has 0 amide bonds. The molecular formula is C13H16ClN3O3S. The van der Waals surface area contributed by atoms with Crippen molar-refractivity contribution >= 4 is 21.6 Å². The van der Waals surface area contributed by atoms with Crippen LogP contribution in [0.5, 0.6) is 0 Å². The molecule has 2 rings (SSSR count). The number of hydrogen-bond donors (Lipinski definition) is 2. The maximum absolute atomic E-state index is 12.1. The first-order valence-corrected chi connectivity index (χ1v) is 8.09. The lowest BCUT2D eigenvalue weighted by Crippen LogP contribution is -2.29. The first kappa shape index (κ1) is 16.0. The van der Waals surface area contributed by atoms with Crippen molar-refractivity contribution < 1.29 is 13.5 Å². The molecule has 0 saturated heterocycles. The van der Waals surface area contributed by atoms with Gasteiger partial charge in [-0.3, -0.25) is 0 Å². The first-order valence-electron chi connectivity index (χ1n) is 6.23. The zero-order valence-corrected chi connectivity index (χ0v) is 13.2. The van der Waals surface area contributed by atoms with Gasteiger partial charge in [0.25, 0.3) is 10.0 Å². The molecule has 0 saturated carbocycles. The largest absolute Gasteiger partial charge is 0.387 e. The Morgan fingerprint density at radius 1 is 1.43 bits per heavy atom. The molecule has 0 aliphatic carbocycles. The van der Waals surface area contributed by atoms with Crippen molar-refractivity contribution in [3.05, 3.63) is 46.9 Å². The summed E-state index contributed by atoms with van der Waals surface area (Å²) in [7, 11) is -2.27. The predicted octanol–water partition coefficient (Wildman–Crippen LogP) is 1.39. The molecule has 1 atom stereocenters. The molecule has 2 N–H and O–H groups in total. The summed E-state index contributed by atoms with van der Waals surface area (Å²) in [5, 5.41) is 9.88. The van der Waals surface area contributed by atoms with Crippen LogP contribution in [0.15, 0.2) is 35.6 Å². The molecule has 21 heavy (non-hydrogen) atoms. The Morgan fingerprint density at radius 3 is 2.67 bits per heavy atom. The van der Waals surface area contributed by atoms with Crippen molar-refractivity contribution in [1.82, 2.24) is 14.3 Å². The van der Waals surface area contributed by atoms with Gasteiger partial charge in [0.15, 0.2) is 0 Å². The second kappa shape index (κ2) is 6.15. The molecule has 1 unspecified atom stereocenters. The van der Waals surface area contributed by atoms with Crippen molar-refractivity contribution in [3.63, 3.8) is 0 Å². The summed E-state index contributed by atoms with van der Waals surface area (Å²) < 4.78 is 27.9. The fraction of sp³-hybridized carbons (Fsp3) is 0.308. The van der Waals surface area contributed by atoms with Crippen molar-refractivity contribution in [2.75, 3.05) is 6.54 Å². The minimum atomic E-state index is -3.86. The van der Waals surface area contributed by atoms with Crippen LogP contribution in [0, 0.1) is 6.92 Å². The van der Waals surface area contributed by atoms with Gasteiger partial charge in [-0.1, -0.05) is 35.9 Å². The van der Waals surface area contributed by atoms with Gasteiger partial charge < -0.3 is 9.67 Å². The van der Waals surface area contributed by atoms with E-state index < -0.39 is 16.1 Å². The number of hydrogen-bond acceptors (Lipinski definition) is 4. The number of aryl methyl sites for hydroxylation is 2. The van der Waals surface area contributed by atoms with E-state index in [4.69, 9.17) is 11.6 Å². The lowest BCUT2D eigenvalue weighted by atomic mass is 10.0. The number of sulfonamides is 1. The summed E-state index contributed by atoms with van der Waals surface area (Å²) in [6, 6.07) is 7.24. The van der Waals surface area contributed by atoms with Crippen LogP contribution in [-0.2, 0) is 17.1 Å². The van der Waals surface area contributed by atoms with E-state index in [1.165, 1.54) is 10.9 Å². The number of imidazole rings is 1. The minimum Gasteiger partial charge on any atom is -0.387 e. The lowest BCUT2D eigenvalue weighted by molar-refractivity contribution is 0.181. The number of benzene rings is 1. The summed E-state index contributed by atoms with van der Waals surface area (Å²) in [4.78, 5) is 3.75. The third-order valence-corrected chi connectivity index (χ3v) is 5.02. The zero-order chi connectivity index (χ0) is 15.6. The summed E-state index contributed by atoms with van der Waals surface area (Å²) in [6.07, 6.45) is 0.373. The molecule has 1 aromatic heterocycles. The van der Waals surface area contributed by atoms with Gasteiger partial charge in [-0.15, -0.1) is 0 Å². The van der Waals surface area contributed by atoms with Crippen LogP contribution in [-0.4, -0.2) is 29.6 Å². The van der Waals surface area contributed by atoms with E-state index in [2.05, 4.69) is 9.71 Å². The summed E-state index contributed by atoms with van der Waals surface area (Å²) in [6.45, 7) is 1.70. The van der Waals surface area contributed by atoms with Crippen molar-refractivity contribution in [3.8, 4) is 0 Å². The molecule has 0 fully saturated rings.